The van der Waals surface area contributed by atoms with Crippen LogP contribution in [0.5, 0.6) is 0 Å². The quantitative estimate of drug-likeness (QED) is 0.535. The Labute approximate surface area is 94.3 Å². The van der Waals surface area contributed by atoms with E-state index < -0.39 is 29.0 Å². The van der Waals surface area contributed by atoms with Crippen LogP contribution in [0.4, 0.5) is 0 Å². The van der Waals surface area contributed by atoms with Crippen LogP contribution in [0.25, 0.3) is 0 Å². The van der Waals surface area contributed by atoms with Gasteiger partial charge in [-0.05, 0) is 27.2 Å². The summed E-state index contributed by atoms with van der Waals surface area (Å²) < 4.78 is 5.16. The first-order chi connectivity index (χ1) is 7.14. The molecule has 1 rings (SSSR count). The highest BCUT2D eigenvalue weighted by atomic mass is 16.6. The molecule has 0 spiro atoms. The van der Waals surface area contributed by atoms with Crippen molar-refractivity contribution in [3.63, 3.8) is 0 Å². The summed E-state index contributed by atoms with van der Waals surface area (Å²) in [5, 5.41) is 8.88. The Kier molecular flexibility index (Phi) is 3.10. The number of hydrogen-bond donors (Lipinski definition) is 2. The van der Waals surface area contributed by atoms with Crippen LogP contribution in [0.15, 0.2) is 12.2 Å². The molecule has 1 aliphatic rings. The van der Waals surface area contributed by atoms with E-state index in [-0.39, 0.29) is 6.42 Å². The van der Waals surface area contributed by atoms with Gasteiger partial charge in [-0.15, -0.1) is 0 Å². The molecule has 0 aliphatic heterocycles. The summed E-state index contributed by atoms with van der Waals surface area (Å²) in [6.07, 6.45) is 2.91. The molecule has 16 heavy (non-hydrogen) atoms. The van der Waals surface area contributed by atoms with Crippen LogP contribution >= 0.6 is 0 Å². The largest absolute Gasteiger partial charge is 0.480 e. The first-order valence-corrected chi connectivity index (χ1v) is 5.08. The second-order valence-electron chi connectivity index (χ2n) is 5.05. The van der Waals surface area contributed by atoms with Crippen molar-refractivity contribution in [3.8, 4) is 0 Å². The summed E-state index contributed by atoms with van der Waals surface area (Å²) in [5.74, 6) is -2.13. The van der Waals surface area contributed by atoms with Gasteiger partial charge in [0, 0.05) is 0 Å². The van der Waals surface area contributed by atoms with Gasteiger partial charge >= 0.3 is 11.9 Å². The first-order valence-electron chi connectivity index (χ1n) is 5.08. The molecular weight excluding hydrogens is 210 g/mol. The van der Waals surface area contributed by atoms with E-state index >= 15 is 0 Å². The summed E-state index contributed by atoms with van der Waals surface area (Å²) in [6, 6.07) is 0. The molecule has 5 nitrogen and oxygen atoms in total. The van der Waals surface area contributed by atoms with E-state index in [9.17, 15) is 9.59 Å². The zero-order chi connectivity index (χ0) is 12.6. The molecule has 5 heteroatoms. The molecule has 0 amide bonds. The van der Waals surface area contributed by atoms with Crippen molar-refractivity contribution in [2.75, 3.05) is 0 Å². The SMILES string of the molecule is CC(C)(C)OC(=O)[C@@H]1C=C[C@@](N)(C(=O)O)C1. The van der Waals surface area contributed by atoms with Gasteiger partial charge in [0.05, 0.1) is 5.92 Å². The van der Waals surface area contributed by atoms with Crippen molar-refractivity contribution in [1.82, 2.24) is 0 Å². The highest BCUT2D eigenvalue weighted by Gasteiger charge is 2.41. The number of carboxylic acids is 1. The number of hydrogen-bond acceptors (Lipinski definition) is 4. The van der Waals surface area contributed by atoms with E-state index in [1.807, 2.05) is 0 Å². The van der Waals surface area contributed by atoms with E-state index in [0.717, 1.165) is 0 Å². The Bertz CT molecular complexity index is 342. The summed E-state index contributed by atoms with van der Waals surface area (Å²) in [5.41, 5.74) is 3.58. The lowest BCUT2D eigenvalue weighted by Crippen LogP contribution is -2.45. The fraction of sp³-hybridized carbons (Fsp3) is 0.636. The van der Waals surface area contributed by atoms with Gasteiger partial charge in [0.25, 0.3) is 0 Å². The zero-order valence-corrected chi connectivity index (χ0v) is 9.69. The zero-order valence-electron chi connectivity index (χ0n) is 9.69. The molecule has 0 saturated heterocycles. The second kappa shape index (κ2) is 3.90. The summed E-state index contributed by atoms with van der Waals surface area (Å²) in [6.45, 7) is 5.28. The van der Waals surface area contributed by atoms with E-state index in [2.05, 4.69) is 0 Å². The third kappa shape index (κ3) is 2.82. The van der Waals surface area contributed by atoms with Crippen LogP contribution in [0.1, 0.15) is 27.2 Å². The normalized spacial score (nSPS) is 29.1. The fourth-order valence-corrected chi connectivity index (χ4v) is 1.49. The van der Waals surface area contributed by atoms with Gasteiger partial charge in [-0.1, -0.05) is 12.2 Å². The predicted molar refractivity (Wildman–Crippen MR) is 57.6 cm³/mol. The van der Waals surface area contributed by atoms with Crippen molar-refractivity contribution >= 4 is 11.9 Å². The van der Waals surface area contributed by atoms with E-state index in [0.29, 0.717) is 0 Å². The topological polar surface area (TPSA) is 89.6 Å². The molecule has 0 heterocycles. The molecular formula is C11H17NO4. The summed E-state index contributed by atoms with van der Waals surface area (Å²) >= 11 is 0. The van der Waals surface area contributed by atoms with Crippen LogP contribution in [-0.2, 0) is 14.3 Å². The van der Waals surface area contributed by atoms with Crippen LogP contribution < -0.4 is 5.73 Å². The number of rotatable bonds is 2. The summed E-state index contributed by atoms with van der Waals surface area (Å²) in [7, 11) is 0. The van der Waals surface area contributed by atoms with Crippen LogP contribution in [0.2, 0.25) is 0 Å². The van der Waals surface area contributed by atoms with Gasteiger partial charge in [0.1, 0.15) is 11.1 Å². The Hall–Kier alpha value is -1.36. The van der Waals surface area contributed by atoms with Crippen LogP contribution in [0, 0.1) is 5.92 Å². The molecule has 0 unspecified atom stereocenters. The number of carbonyl (C=O) groups excluding carboxylic acids is 1. The van der Waals surface area contributed by atoms with Gasteiger partial charge in [-0.3, -0.25) is 4.79 Å². The number of carboxylic acid groups (broad SMARTS) is 1. The van der Waals surface area contributed by atoms with Crippen molar-refractivity contribution in [3.05, 3.63) is 12.2 Å². The number of aliphatic carboxylic acids is 1. The van der Waals surface area contributed by atoms with Gasteiger partial charge < -0.3 is 15.6 Å². The third-order valence-corrected chi connectivity index (χ3v) is 2.29. The highest BCUT2D eigenvalue weighted by molar-refractivity contribution is 5.85. The first kappa shape index (κ1) is 12.7. The van der Waals surface area contributed by atoms with E-state index in [1.165, 1.54) is 12.2 Å². The lowest BCUT2D eigenvalue weighted by atomic mass is 9.96. The van der Waals surface area contributed by atoms with Crippen LogP contribution in [-0.4, -0.2) is 28.2 Å². The van der Waals surface area contributed by atoms with E-state index in [4.69, 9.17) is 15.6 Å². The Morgan fingerprint density at radius 2 is 2.06 bits per heavy atom. The maximum Gasteiger partial charge on any atom is 0.327 e. The van der Waals surface area contributed by atoms with Gasteiger partial charge in [0.2, 0.25) is 0 Å². The van der Waals surface area contributed by atoms with Crippen molar-refractivity contribution < 1.29 is 19.4 Å². The molecule has 0 fully saturated rings. The number of nitrogens with two attached hydrogens (primary N) is 1. The van der Waals surface area contributed by atoms with Gasteiger partial charge in [-0.2, -0.15) is 0 Å². The molecule has 90 valence electrons. The molecule has 3 N–H and O–H groups in total. The summed E-state index contributed by atoms with van der Waals surface area (Å²) in [4.78, 5) is 22.5. The van der Waals surface area contributed by atoms with Crippen molar-refractivity contribution in [2.24, 2.45) is 11.7 Å². The van der Waals surface area contributed by atoms with Crippen molar-refractivity contribution in [2.45, 2.75) is 38.3 Å². The van der Waals surface area contributed by atoms with Gasteiger partial charge in [0.15, 0.2) is 0 Å². The minimum absolute atomic E-state index is 0.0528. The van der Waals surface area contributed by atoms with Crippen LogP contribution in [0.3, 0.4) is 0 Å². The Balaban J connectivity index is 2.65. The lowest BCUT2D eigenvalue weighted by Gasteiger charge is -2.23. The molecule has 1 aliphatic carbocycles. The van der Waals surface area contributed by atoms with Gasteiger partial charge in [-0.25, -0.2) is 4.79 Å². The van der Waals surface area contributed by atoms with E-state index in [1.54, 1.807) is 20.8 Å². The Morgan fingerprint density at radius 1 is 1.50 bits per heavy atom. The van der Waals surface area contributed by atoms with Crippen molar-refractivity contribution in [1.29, 1.82) is 0 Å². The smallest absolute Gasteiger partial charge is 0.327 e. The second-order valence-corrected chi connectivity index (χ2v) is 5.05. The lowest BCUT2D eigenvalue weighted by molar-refractivity contribution is -0.158. The standard InChI is InChI=1S/C11H17NO4/c1-10(2,3)16-8(13)7-4-5-11(12,6-7)9(14)15/h4-5,7H,6,12H2,1-3H3,(H,14,15)/t7-,11+/m1/s1. The Morgan fingerprint density at radius 3 is 2.44 bits per heavy atom. The predicted octanol–water partition coefficient (Wildman–Crippen LogP) is 0.686. The molecule has 0 radical (unpaired) electrons. The molecule has 0 bridgehead atoms. The molecule has 0 aromatic heterocycles. The average Bonchev–Trinajstić information content (AvgIpc) is 2.46. The molecule has 0 aromatic rings. The highest BCUT2D eigenvalue weighted by Crippen LogP contribution is 2.28. The number of esters is 1. The third-order valence-electron chi connectivity index (χ3n) is 2.29. The number of carbonyl (C=O) groups is 2. The maximum absolute atomic E-state index is 11.6. The molecule has 0 saturated carbocycles. The minimum atomic E-state index is -1.44. The average molecular weight is 227 g/mol. The monoisotopic (exact) mass is 227 g/mol. The minimum Gasteiger partial charge on any atom is -0.480 e. The molecule has 0 aromatic carbocycles. The number of ether oxygens (including phenoxy) is 1. The molecule has 2 atom stereocenters. The fourth-order valence-electron chi connectivity index (χ4n) is 1.49. The maximum atomic E-state index is 11.6.